The van der Waals surface area contributed by atoms with Crippen LogP contribution in [-0.2, 0) is 7.05 Å². The number of para-hydroxylation sites is 1. The molecule has 0 unspecified atom stereocenters. The third-order valence-electron chi connectivity index (χ3n) is 4.81. The van der Waals surface area contributed by atoms with E-state index in [1.54, 1.807) is 18.3 Å². The Hall–Kier alpha value is -2.90. The van der Waals surface area contributed by atoms with Crippen LogP contribution in [0.2, 0.25) is 0 Å². The molecule has 3 heterocycles. The monoisotopic (exact) mass is 370 g/mol. The Bertz CT molecular complexity index is 943. The minimum Gasteiger partial charge on any atom is -0.478 e. The van der Waals surface area contributed by atoms with Gasteiger partial charge in [0.2, 0.25) is 17.8 Å². The maximum atomic E-state index is 14.1. The average molecular weight is 370 g/mol. The fraction of sp³-hybridized carbons (Fsp3) is 0.421. The second kappa shape index (κ2) is 7.38. The molecule has 0 atom stereocenters. The quantitative estimate of drug-likeness (QED) is 0.704. The van der Waals surface area contributed by atoms with Gasteiger partial charge in [-0.3, -0.25) is 0 Å². The molecule has 0 saturated carbocycles. The van der Waals surface area contributed by atoms with E-state index in [1.807, 2.05) is 24.6 Å². The minimum atomic E-state index is -0.285. The first kappa shape index (κ1) is 17.5. The molecule has 8 heteroatoms. The lowest BCUT2D eigenvalue weighted by atomic mass is 10.3. The molecule has 1 aliphatic heterocycles. The summed E-state index contributed by atoms with van der Waals surface area (Å²) in [6.45, 7) is 5.74. The molecule has 1 aromatic carbocycles. The standard InChI is InChI=1S/C19H23FN6O/c1-3-27-16-8-9-21-18(22-16)25-10-5-11-26(13-12-25)19-23-17-14(20)6-4-7-15(17)24(19)2/h4,6-9H,3,5,10-13H2,1-2H3. The fourth-order valence-electron chi connectivity index (χ4n) is 3.48. The van der Waals surface area contributed by atoms with Crippen LogP contribution in [0.15, 0.2) is 30.5 Å². The summed E-state index contributed by atoms with van der Waals surface area (Å²) in [5, 5.41) is 0. The normalized spacial score (nSPS) is 15.2. The predicted octanol–water partition coefficient (Wildman–Crippen LogP) is 2.62. The van der Waals surface area contributed by atoms with E-state index in [4.69, 9.17) is 4.74 Å². The highest BCUT2D eigenvalue weighted by Crippen LogP contribution is 2.24. The molecule has 3 aromatic rings. The van der Waals surface area contributed by atoms with Crippen molar-refractivity contribution in [2.45, 2.75) is 13.3 Å². The van der Waals surface area contributed by atoms with Crippen molar-refractivity contribution in [3.63, 3.8) is 0 Å². The van der Waals surface area contributed by atoms with Gasteiger partial charge in [-0.15, -0.1) is 0 Å². The van der Waals surface area contributed by atoms with Crippen molar-refractivity contribution < 1.29 is 9.13 Å². The molecule has 4 rings (SSSR count). The topological polar surface area (TPSA) is 59.3 Å². The van der Waals surface area contributed by atoms with E-state index in [1.165, 1.54) is 6.07 Å². The average Bonchev–Trinajstić information content (AvgIpc) is 2.86. The summed E-state index contributed by atoms with van der Waals surface area (Å²) < 4.78 is 21.5. The van der Waals surface area contributed by atoms with E-state index in [0.29, 0.717) is 24.0 Å². The Labute approximate surface area is 157 Å². The summed E-state index contributed by atoms with van der Waals surface area (Å²) in [5.74, 6) is 1.78. The molecule has 0 amide bonds. The number of nitrogens with zero attached hydrogens (tertiary/aromatic N) is 6. The second-order valence-corrected chi connectivity index (χ2v) is 6.53. The second-order valence-electron chi connectivity index (χ2n) is 6.53. The van der Waals surface area contributed by atoms with Crippen LogP contribution in [0.4, 0.5) is 16.3 Å². The molecule has 2 aromatic heterocycles. The Morgan fingerprint density at radius 3 is 2.70 bits per heavy atom. The first-order valence-electron chi connectivity index (χ1n) is 9.24. The number of fused-ring (bicyclic) bond motifs is 1. The van der Waals surface area contributed by atoms with Gasteiger partial charge < -0.3 is 19.1 Å². The smallest absolute Gasteiger partial charge is 0.228 e. The van der Waals surface area contributed by atoms with Crippen molar-refractivity contribution in [3.8, 4) is 5.88 Å². The number of hydrogen-bond acceptors (Lipinski definition) is 6. The number of anilines is 2. The maximum absolute atomic E-state index is 14.1. The van der Waals surface area contributed by atoms with E-state index in [9.17, 15) is 4.39 Å². The number of aryl methyl sites for hydroxylation is 1. The van der Waals surface area contributed by atoms with Crippen LogP contribution in [0.5, 0.6) is 5.88 Å². The third kappa shape index (κ3) is 3.39. The van der Waals surface area contributed by atoms with Crippen LogP contribution < -0.4 is 14.5 Å². The largest absolute Gasteiger partial charge is 0.478 e. The third-order valence-corrected chi connectivity index (χ3v) is 4.81. The summed E-state index contributed by atoms with van der Waals surface area (Å²) in [5.41, 5.74) is 1.22. The van der Waals surface area contributed by atoms with Crippen LogP contribution in [0.25, 0.3) is 11.0 Å². The maximum Gasteiger partial charge on any atom is 0.228 e. The Kier molecular flexibility index (Phi) is 4.79. The zero-order valence-electron chi connectivity index (χ0n) is 15.6. The lowest BCUT2D eigenvalue weighted by Crippen LogP contribution is -2.32. The molecule has 27 heavy (non-hydrogen) atoms. The zero-order chi connectivity index (χ0) is 18.8. The molecule has 0 spiro atoms. The molecule has 1 aliphatic rings. The van der Waals surface area contributed by atoms with Gasteiger partial charge in [-0.05, 0) is 25.5 Å². The van der Waals surface area contributed by atoms with Crippen LogP contribution in [0.3, 0.4) is 0 Å². The van der Waals surface area contributed by atoms with Crippen molar-refractivity contribution in [2.24, 2.45) is 7.05 Å². The van der Waals surface area contributed by atoms with E-state index >= 15 is 0 Å². The number of ether oxygens (including phenoxy) is 1. The van der Waals surface area contributed by atoms with Gasteiger partial charge in [0.25, 0.3) is 0 Å². The van der Waals surface area contributed by atoms with E-state index < -0.39 is 0 Å². The van der Waals surface area contributed by atoms with Crippen molar-refractivity contribution >= 4 is 22.9 Å². The van der Waals surface area contributed by atoms with Crippen molar-refractivity contribution in [1.82, 2.24) is 19.5 Å². The summed E-state index contributed by atoms with van der Waals surface area (Å²) in [4.78, 5) is 17.8. The summed E-state index contributed by atoms with van der Waals surface area (Å²) >= 11 is 0. The molecule has 0 radical (unpaired) electrons. The highest BCUT2D eigenvalue weighted by atomic mass is 19.1. The highest BCUT2D eigenvalue weighted by molar-refractivity contribution is 5.79. The lowest BCUT2D eigenvalue weighted by molar-refractivity contribution is 0.326. The zero-order valence-corrected chi connectivity index (χ0v) is 15.6. The van der Waals surface area contributed by atoms with Gasteiger partial charge in [0.15, 0.2) is 5.82 Å². The molecular weight excluding hydrogens is 347 g/mol. The number of hydrogen-bond donors (Lipinski definition) is 0. The number of aromatic nitrogens is 4. The van der Waals surface area contributed by atoms with Crippen LogP contribution in [-0.4, -0.2) is 52.3 Å². The van der Waals surface area contributed by atoms with Crippen LogP contribution in [0, 0.1) is 5.82 Å². The first-order chi connectivity index (χ1) is 13.2. The molecule has 1 fully saturated rings. The SMILES string of the molecule is CCOc1ccnc(N2CCCN(c3nc4c(F)cccc4n3C)CC2)n1. The molecule has 0 aliphatic carbocycles. The van der Waals surface area contributed by atoms with E-state index in [2.05, 4.69) is 24.8 Å². The molecule has 0 N–H and O–H groups in total. The first-order valence-corrected chi connectivity index (χ1v) is 9.24. The van der Waals surface area contributed by atoms with Gasteiger partial charge in [0.05, 0.1) is 12.1 Å². The lowest BCUT2D eigenvalue weighted by Gasteiger charge is -2.23. The number of rotatable bonds is 4. The summed E-state index contributed by atoms with van der Waals surface area (Å²) in [6.07, 6.45) is 2.66. The Morgan fingerprint density at radius 1 is 1.07 bits per heavy atom. The molecule has 1 saturated heterocycles. The number of benzene rings is 1. The van der Waals surface area contributed by atoms with Crippen LogP contribution in [0.1, 0.15) is 13.3 Å². The number of halogens is 1. The molecule has 7 nitrogen and oxygen atoms in total. The van der Waals surface area contributed by atoms with Gasteiger partial charge in [-0.2, -0.15) is 4.98 Å². The van der Waals surface area contributed by atoms with Crippen molar-refractivity contribution in [2.75, 3.05) is 42.6 Å². The molecule has 142 valence electrons. The van der Waals surface area contributed by atoms with Gasteiger partial charge in [0, 0.05) is 45.5 Å². The Morgan fingerprint density at radius 2 is 1.89 bits per heavy atom. The van der Waals surface area contributed by atoms with E-state index in [0.717, 1.165) is 44.1 Å². The molecular formula is C19H23FN6O. The van der Waals surface area contributed by atoms with Gasteiger partial charge in [-0.1, -0.05) is 6.07 Å². The predicted molar refractivity (Wildman–Crippen MR) is 103 cm³/mol. The minimum absolute atomic E-state index is 0.285. The van der Waals surface area contributed by atoms with Crippen molar-refractivity contribution in [3.05, 3.63) is 36.3 Å². The number of imidazole rings is 1. The highest BCUT2D eigenvalue weighted by Gasteiger charge is 2.22. The summed E-state index contributed by atoms with van der Waals surface area (Å²) in [6, 6.07) is 6.83. The molecule has 0 bridgehead atoms. The summed E-state index contributed by atoms with van der Waals surface area (Å²) in [7, 11) is 1.93. The van der Waals surface area contributed by atoms with Gasteiger partial charge in [-0.25, -0.2) is 14.4 Å². The van der Waals surface area contributed by atoms with Gasteiger partial charge in [0.1, 0.15) is 5.52 Å². The Balaban J connectivity index is 1.55. The van der Waals surface area contributed by atoms with Gasteiger partial charge >= 0.3 is 0 Å². The van der Waals surface area contributed by atoms with E-state index in [-0.39, 0.29) is 5.82 Å². The van der Waals surface area contributed by atoms with Crippen LogP contribution >= 0.6 is 0 Å². The fourth-order valence-corrected chi connectivity index (χ4v) is 3.48. The van der Waals surface area contributed by atoms with Crippen molar-refractivity contribution in [1.29, 1.82) is 0 Å².